The van der Waals surface area contributed by atoms with Gasteiger partial charge in [0.2, 0.25) is 0 Å². The Balaban J connectivity index is 3.61. The molecule has 14 heavy (non-hydrogen) atoms. The number of rotatable bonds is 2. The summed E-state index contributed by atoms with van der Waals surface area (Å²) < 4.78 is 0. The maximum atomic E-state index is 6.08. The van der Waals surface area contributed by atoms with Crippen molar-refractivity contribution >= 4 is 29.6 Å². The van der Waals surface area contributed by atoms with E-state index >= 15 is 0 Å². The summed E-state index contributed by atoms with van der Waals surface area (Å²) in [6.45, 7) is 5.58. The van der Waals surface area contributed by atoms with Gasteiger partial charge in [-0.3, -0.25) is 0 Å². The van der Waals surface area contributed by atoms with Crippen molar-refractivity contribution < 1.29 is 0 Å². The average molecular weight is 209 g/mol. The normalized spacial score (nSPS) is 13.1. The molecule has 1 aromatic heterocycles. The van der Waals surface area contributed by atoms with Crippen molar-refractivity contribution in [2.45, 2.75) is 6.92 Å². The summed E-state index contributed by atoms with van der Waals surface area (Å²) in [5.74, 6) is 0.758. The molecule has 0 aliphatic rings. The molecule has 0 aliphatic heterocycles. The van der Waals surface area contributed by atoms with Crippen LogP contribution in [0.1, 0.15) is 6.92 Å². The molecule has 0 saturated heterocycles. The van der Waals surface area contributed by atoms with Crippen LogP contribution in [0.4, 0.5) is 5.82 Å². The standard InChI is InChI=1S/C11H13ClN2/c1-4-6-10-8(5-2)9(12)7-11(13-3)14-10/h4-7H,1H2,2-3H3,(H,13,14)/b8-5-,10-6+. The van der Waals surface area contributed by atoms with E-state index in [1.807, 2.05) is 26.1 Å². The largest absolute Gasteiger partial charge is 0.373 e. The highest BCUT2D eigenvalue weighted by Crippen LogP contribution is 2.04. The molecule has 0 aromatic carbocycles. The number of hydrogen-bond acceptors (Lipinski definition) is 2. The Morgan fingerprint density at radius 1 is 1.57 bits per heavy atom. The van der Waals surface area contributed by atoms with E-state index in [1.165, 1.54) is 0 Å². The molecule has 1 aromatic rings. The van der Waals surface area contributed by atoms with E-state index in [2.05, 4.69) is 16.9 Å². The number of hydrogen-bond donors (Lipinski definition) is 1. The van der Waals surface area contributed by atoms with Gasteiger partial charge in [0.05, 0.1) is 10.4 Å². The molecule has 0 bridgehead atoms. The van der Waals surface area contributed by atoms with Gasteiger partial charge < -0.3 is 5.32 Å². The number of aromatic nitrogens is 1. The van der Waals surface area contributed by atoms with Gasteiger partial charge in [-0.1, -0.05) is 30.3 Å². The summed E-state index contributed by atoms with van der Waals surface area (Å²) in [7, 11) is 1.81. The minimum absolute atomic E-state index is 0.694. The van der Waals surface area contributed by atoms with Crippen molar-refractivity contribution in [2.75, 3.05) is 12.4 Å². The fraction of sp³-hybridized carbons (Fsp3) is 0.182. The second-order valence-corrected chi connectivity index (χ2v) is 3.14. The molecule has 0 radical (unpaired) electrons. The van der Waals surface area contributed by atoms with E-state index in [4.69, 9.17) is 11.6 Å². The van der Waals surface area contributed by atoms with E-state index in [0.717, 1.165) is 16.4 Å². The van der Waals surface area contributed by atoms with Crippen LogP contribution < -0.4 is 15.9 Å². The van der Waals surface area contributed by atoms with Gasteiger partial charge in [0, 0.05) is 12.3 Å². The molecule has 0 amide bonds. The molecular formula is C11H13ClN2. The molecule has 1 rings (SSSR count). The molecule has 0 saturated carbocycles. The second kappa shape index (κ2) is 4.82. The van der Waals surface area contributed by atoms with E-state index in [1.54, 1.807) is 12.1 Å². The summed E-state index contributed by atoms with van der Waals surface area (Å²) >= 11 is 6.08. The summed E-state index contributed by atoms with van der Waals surface area (Å²) in [5, 5.41) is 5.42. The number of anilines is 1. The number of allylic oxidation sites excluding steroid dienone is 1. The first-order valence-electron chi connectivity index (χ1n) is 4.36. The minimum atomic E-state index is 0.694. The fourth-order valence-corrected chi connectivity index (χ4v) is 1.50. The van der Waals surface area contributed by atoms with Gasteiger partial charge in [-0.05, 0) is 19.1 Å². The molecule has 2 nitrogen and oxygen atoms in total. The third-order valence-electron chi connectivity index (χ3n) is 1.86. The third-order valence-corrected chi connectivity index (χ3v) is 2.17. The van der Waals surface area contributed by atoms with Crippen LogP contribution in [-0.4, -0.2) is 12.0 Å². The first kappa shape index (κ1) is 10.8. The zero-order valence-corrected chi connectivity index (χ0v) is 9.10. The van der Waals surface area contributed by atoms with Gasteiger partial charge in [-0.2, -0.15) is 0 Å². The van der Waals surface area contributed by atoms with E-state index < -0.39 is 0 Å². The van der Waals surface area contributed by atoms with Crippen LogP contribution in [0.25, 0.3) is 12.2 Å². The van der Waals surface area contributed by atoms with Crippen molar-refractivity contribution in [2.24, 2.45) is 0 Å². The number of pyridine rings is 1. The van der Waals surface area contributed by atoms with Crippen LogP contribution in [0.2, 0.25) is 5.02 Å². The van der Waals surface area contributed by atoms with Gasteiger partial charge in [0.15, 0.2) is 0 Å². The molecule has 0 aliphatic carbocycles. The Bertz CT molecular complexity index is 449. The average Bonchev–Trinajstić information content (AvgIpc) is 2.18. The van der Waals surface area contributed by atoms with E-state index in [-0.39, 0.29) is 0 Å². The van der Waals surface area contributed by atoms with Crippen LogP contribution in [0.3, 0.4) is 0 Å². The highest BCUT2D eigenvalue weighted by atomic mass is 35.5. The lowest BCUT2D eigenvalue weighted by Gasteiger charge is -2.00. The van der Waals surface area contributed by atoms with Gasteiger partial charge in [0.25, 0.3) is 0 Å². The number of halogens is 1. The second-order valence-electron chi connectivity index (χ2n) is 2.73. The minimum Gasteiger partial charge on any atom is -0.373 e. The van der Waals surface area contributed by atoms with Gasteiger partial charge >= 0.3 is 0 Å². The molecule has 74 valence electrons. The Morgan fingerprint density at radius 2 is 2.29 bits per heavy atom. The third kappa shape index (κ3) is 2.15. The lowest BCUT2D eigenvalue weighted by atomic mass is 10.3. The summed E-state index contributed by atoms with van der Waals surface area (Å²) in [5.41, 5.74) is 0. The van der Waals surface area contributed by atoms with Gasteiger partial charge in [0.1, 0.15) is 5.82 Å². The van der Waals surface area contributed by atoms with Crippen molar-refractivity contribution in [3.8, 4) is 0 Å². The van der Waals surface area contributed by atoms with Crippen LogP contribution >= 0.6 is 11.6 Å². The molecule has 1 heterocycles. The van der Waals surface area contributed by atoms with Crippen LogP contribution in [-0.2, 0) is 0 Å². The quantitative estimate of drug-likeness (QED) is 0.798. The van der Waals surface area contributed by atoms with E-state index in [9.17, 15) is 0 Å². The molecule has 0 atom stereocenters. The highest BCUT2D eigenvalue weighted by Gasteiger charge is 1.97. The zero-order valence-electron chi connectivity index (χ0n) is 8.34. The molecule has 3 heteroatoms. The smallest absolute Gasteiger partial charge is 0.127 e. The van der Waals surface area contributed by atoms with Crippen LogP contribution in [0.15, 0.2) is 18.7 Å². The molecule has 0 spiro atoms. The lowest BCUT2D eigenvalue weighted by molar-refractivity contribution is 1.20. The zero-order chi connectivity index (χ0) is 10.6. The summed E-state index contributed by atoms with van der Waals surface area (Å²) in [4.78, 5) is 4.36. The summed E-state index contributed by atoms with van der Waals surface area (Å²) in [6.07, 6.45) is 5.47. The maximum Gasteiger partial charge on any atom is 0.127 e. The monoisotopic (exact) mass is 208 g/mol. The molecule has 0 unspecified atom stereocenters. The number of nitrogens with one attached hydrogen (secondary N) is 1. The molecular weight excluding hydrogens is 196 g/mol. The maximum absolute atomic E-state index is 6.08. The Labute approximate surface area is 88.6 Å². The van der Waals surface area contributed by atoms with Crippen LogP contribution in [0, 0.1) is 0 Å². The topological polar surface area (TPSA) is 24.9 Å². The summed E-state index contributed by atoms with van der Waals surface area (Å²) in [6, 6.07) is 1.80. The Morgan fingerprint density at radius 3 is 2.79 bits per heavy atom. The Kier molecular flexibility index (Phi) is 3.72. The fourth-order valence-electron chi connectivity index (χ4n) is 1.19. The van der Waals surface area contributed by atoms with Crippen molar-refractivity contribution in [1.29, 1.82) is 0 Å². The first-order chi connectivity index (χ1) is 6.72. The van der Waals surface area contributed by atoms with Crippen molar-refractivity contribution in [1.82, 2.24) is 4.98 Å². The molecule has 0 fully saturated rings. The lowest BCUT2D eigenvalue weighted by Crippen LogP contribution is -2.29. The van der Waals surface area contributed by atoms with Crippen molar-refractivity contribution in [3.05, 3.63) is 34.3 Å². The SMILES string of the molecule is C=C/C=c1/nc(NC)cc(Cl)/c1=C/C. The number of nitrogens with zero attached hydrogens (tertiary/aromatic N) is 1. The predicted molar refractivity (Wildman–Crippen MR) is 62.8 cm³/mol. The van der Waals surface area contributed by atoms with Crippen LogP contribution in [0.5, 0.6) is 0 Å². The van der Waals surface area contributed by atoms with Gasteiger partial charge in [-0.15, -0.1) is 0 Å². The van der Waals surface area contributed by atoms with E-state index in [0.29, 0.717) is 5.02 Å². The highest BCUT2D eigenvalue weighted by molar-refractivity contribution is 6.30. The Hall–Kier alpha value is -1.28. The van der Waals surface area contributed by atoms with Crippen molar-refractivity contribution in [3.63, 3.8) is 0 Å². The predicted octanol–water partition coefficient (Wildman–Crippen LogP) is 1.54. The van der Waals surface area contributed by atoms with Gasteiger partial charge in [-0.25, -0.2) is 4.98 Å². The first-order valence-corrected chi connectivity index (χ1v) is 4.74. The molecule has 1 N–H and O–H groups in total.